The summed E-state index contributed by atoms with van der Waals surface area (Å²) in [5.74, 6) is 0.814. The molecule has 1 amide bonds. The van der Waals surface area contributed by atoms with E-state index in [-0.39, 0.29) is 11.7 Å². The summed E-state index contributed by atoms with van der Waals surface area (Å²) in [6.07, 6.45) is 3.14. The predicted molar refractivity (Wildman–Crippen MR) is 75.8 cm³/mol. The smallest absolute Gasteiger partial charge is 0.227 e. The van der Waals surface area contributed by atoms with Gasteiger partial charge in [-0.05, 0) is 36.5 Å². The summed E-state index contributed by atoms with van der Waals surface area (Å²) in [5, 5.41) is 0. The van der Waals surface area contributed by atoms with Gasteiger partial charge in [0.25, 0.3) is 0 Å². The van der Waals surface area contributed by atoms with Gasteiger partial charge in [0.2, 0.25) is 5.91 Å². The number of amides is 1. The van der Waals surface area contributed by atoms with Gasteiger partial charge < -0.3 is 4.90 Å². The topological polar surface area (TPSA) is 23.6 Å². The Morgan fingerprint density at radius 2 is 1.75 bits per heavy atom. The molecule has 3 rings (SSSR count). The summed E-state index contributed by atoms with van der Waals surface area (Å²) >= 11 is 0. The van der Waals surface area contributed by atoms with Crippen LogP contribution in [0, 0.1) is 11.7 Å². The van der Waals surface area contributed by atoms with Gasteiger partial charge in [-0.3, -0.25) is 9.69 Å². The molecule has 0 atom stereocenters. The van der Waals surface area contributed by atoms with E-state index < -0.39 is 0 Å². The molecule has 108 valence electrons. The number of hydrogen-bond acceptors (Lipinski definition) is 2. The minimum atomic E-state index is -0.255. The molecule has 2 fully saturated rings. The van der Waals surface area contributed by atoms with Crippen molar-refractivity contribution in [3.05, 3.63) is 35.6 Å². The number of carbonyl (C=O) groups is 1. The number of hydrogen-bond donors (Lipinski definition) is 0. The van der Waals surface area contributed by atoms with Gasteiger partial charge in [0.05, 0.1) is 6.42 Å². The van der Waals surface area contributed by atoms with Crippen LogP contribution >= 0.6 is 0 Å². The fourth-order valence-corrected chi connectivity index (χ4v) is 2.73. The average Bonchev–Trinajstić information content (AvgIpc) is 3.26. The van der Waals surface area contributed by atoms with E-state index in [4.69, 9.17) is 0 Å². The maximum Gasteiger partial charge on any atom is 0.227 e. The first-order chi connectivity index (χ1) is 9.70. The van der Waals surface area contributed by atoms with Gasteiger partial charge in [-0.15, -0.1) is 0 Å². The number of nitrogens with zero attached hydrogens (tertiary/aromatic N) is 2. The summed E-state index contributed by atoms with van der Waals surface area (Å²) in [4.78, 5) is 16.6. The molecule has 1 aromatic carbocycles. The third-order valence-corrected chi connectivity index (χ3v) is 4.21. The minimum absolute atomic E-state index is 0.155. The largest absolute Gasteiger partial charge is 0.340 e. The molecule has 0 bridgehead atoms. The molecular weight excluding hydrogens is 255 g/mol. The first kappa shape index (κ1) is 13.6. The Morgan fingerprint density at radius 1 is 1.10 bits per heavy atom. The van der Waals surface area contributed by atoms with Crippen molar-refractivity contribution in [1.82, 2.24) is 9.80 Å². The summed E-state index contributed by atoms with van der Waals surface area (Å²) < 4.78 is 12.8. The van der Waals surface area contributed by atoms with Crippen LogP contribution in [0.1, 0.15) is 18.4 Å². The van der Waals surface area contributed by atoms with Gasteiger partial charge in [0.15, 0.2) is 0 Å². The van der Waals surface area contributed by atoms with Crippen LogP contribution in [0.3, 0.4) is 0 Å². The lowest BCUT2D eigenvalue weighted by Crippen LogP contribution is -2.49. The van der Waals surface area contributed by atoms with Gasteiger partial charge in [-0.1, -0.05) is 12.1 Å². The average molecular weight is 276 g/mol. The second kappa shape index (κ2) is 5.92. The van der Waals surface area contributed by atoms with Gasteiger partial charge in [-0.2, -0.15) is 0 Å². The molecule has 0 N–H and O–H groups in total. The molecule has 0 radical (unpaired) electrons. The van der Waals surface area contributed by atoms with Crippen molar-refractivity contribution in [2.45, 2.75) is 19.3 Å². The zero-order chi connectivity index (χ0) is 13.9. The predicted octanol–water partition coefficient (Wildman–Crippen LogP) is 1.92. The molecule has 0 spiro atoms. The van der Waals surface area contributed by atoms with Crippen molar-refractivity contribution >= 4 is 5.91 Å². The molecule has 1 saturated carbocycles. The summed E-state index contributed by atoms with van der Waals surface area (Å²) in [5.41, 5.74) is 0.886. The standard InChI is InChI=1S/C16H21FN2O/c17-15-5-3-13(4-6-15)11-16(20)19-9-7-18(8-10-19)12-14-1-2-14/h3-6,14H,1-2,7-12H2. The molecule has 20 heavy (non-hydrogen) atoms. The highest BCUT2D eigenvalue weighted by Crippen LogP contribution is 2.29. The normalized spacial score (nSPS) is 20.1. The summed E-state index contributed by atoms with van der Waals surface area (Å²) in [6, 6.07) is 6.21. The van der Waals surface area contributed by atoms with Crippen molar-refractivity contribution < 1.29 is 9.18 Å². The second-order valence-electron chi connectivity index (χ2n) is 5.93. The molecule has 1 heterocycles. The molecule has 1 aliphatic carbocycles. The number of halogens is 1. The molecule has 2 aliphatic rings. The van der Waals surface area contributed by atoms with E-state index in [1.165, 1.54) is 31.5 Å². The van der Waals surface area contributed by atoms with Crippen LogP contribution in [0.4, 0.5) is 4.39 Å². The molecule has 1 aromatic rings. The Kier molecular flexibility index (Phi) is 4.01. The lowest BCUT2D eigenvalue weighted by molar-refractivity contribution is -0.132. The highest BCUT2D eigenvalue weighted by Gasteiger charge is 2.27. The third-order valence-electron chi connectivity index (χ3n) is 4.21. The highest BCUT2D eigenvalue weighted by molar-refractivity contribution is 5.78. The van der Waals surface area contributed by atoms with E-state index in [0.717, 1.165) is 37.7 Å². The Hall–Kier alpha value is -1.42. The van der Waals surface area contributed by atoms with Gasteiger partial charge in [0, 0.05) is 32.7 Å². The highest BCUT2D eigenvalue weighted by atomic mass is 19.1. The van der Waals surface area contributed by atoms with Crippen molar-refractivity contribution in [2.24, 2.45) is 5.92 Å². The maximum atomic E-state index is 12.8. The number of carbonyl (C=O) groups excluding carboxylic acids is 1. The Bertz CT molecular complexity index is 462. The minimum Gasteiger partial charge on any atom is -0.340 e. The van der Waals surface area contributed by atoms with Crippen molar-refractivity contribution in [3.8, 4) is 0 Å². The van der Waals surface area contributed by atoms with Crippen LogP contribution in [0.5, 0.6) is 0 Å². The van der Waals surface area contributed by atoms with Gasteiger partial charge in [-0.25, -0.2) is 4.39 Å². The molecule has 0 unspecified atom stereocenters. The fourth-order valence-electron chi connectivity index (χ4n) is 2.73. The van der Waals surface area contributed by atoms with Crippen LogP contribution in [0.15, 0.2) is 24.3 Å². The zero-order valence-corrected chi connectivity index (χ0v) is 11.7. The molecule has 1 saturated heterocycles. The zero-order valence-electron chi connectivity index (χ0n) is 11.7. The third kappa shape index (κ3) is 3.57. The second-order valence-corrected chi connectivity index (χ2v) is 5.93. The Labute approximate surface area is 119 Å². The van der Waals surface area contributed by atoms with E-state index in [9.17, 15) is 9.18 Å². The van der Waals surface area contributed by atoms with E-state index in [1.54, 1.807) is 12.1 Å². The van der Waals surface area contributed by atoms with Gasteiger partial charge in [0.1, 0.15) is 5.82 Å². The van der Waals surface area contributed by atoms with Crippen LogP contribution < -0.4 is 0 Å². The Balaban J connectivity index is 1.47. The van der Waals surface area contributed by atoms with Crippen LogP contribution in [-0.2, 0) is 11.2 Å². The first-order valence-electron chi connectivity index (χ1n) is 7.45. The van der Waals surface area contributed by atoms with Crippen molar-refractivity contribution in [1.29, 1.82) is 0 Å². The Morgan fingerprint density at radius 3 is 2.35 bits per heavy atom. The monoisotopic (exact) mass is 276 g/mol. The fraction of sp³-hybridized carbons (Fsp3) is 0.562. The molecule has 0 aromatic heterocycles. The van der Waals surface area contributed by atoms with Crippen LogP contribution in [-0.4, -0.2) is 48.4 Å². The molecule has 1 aliphatic heterocycles. The lowest BCUT2D eigenvalue weighted by atomic mass is 10.1. The quantitative estimate of drug-likeness (QED) is 0.839. The number of piperazine rings is 1. The van der Waals surface area contributed by atoms with E-state index >= 15 is 0 Å². The first-order valence-corrected chi connectivity index (χ1v) is 7.45. The summed E-state index contributed by atoms with van der Waals surface area (Å²) in [6.45, 7) is 4.84. The summed E-state index contributed by atoms with van der Waals surface area (Å²) in [7, 11) is 0. The molecule has 4 heteroatoms. The van der Waals surface area contributed by atoms with Crippen molar-refractivity contribution in [2.75, 3.05) is 32.7 Å². The van der Waals surface area contributed by atoms with E-state index in [2.05, 4.69) is 4.90 Å². The van der Waals surface area contributed by atoms with Crippen molar-refractivity contribution in [3.63, 3.8) is 0 Å². The van der Waals surface area contributed by atoms with Crippen LogP contribution in [0.2, 0.25) is 0 Å². The van der Waals surface area contributed by atoms with E-state index in [1.807, 2.05) is 4.90 Å². The molecule has 3 nitrogen and oxygen atoms in total. The lowest BCUT2D eigenvalue weighted by Gasteiger charge is -2.34. The SMILES string of the molecule is O=C(Cc1ccc(F)cc1)N1CCN(CC2CC2)CC1. The van der Waals surface area contributed by atoms with Crippen LogP contribution in [0.25, 0.3) is 0 Å². The molecular formula is C16H21FN2O. The number of benzene rings is 1. The van der Waals surface area contributed by atoms with E-state index in [0.29, 0.717) is 6.42 Å². The maximum absolute atomic E-state index is 12.8. The van der Waals surface area contributed by atoms with Gasteiger partial charge >= 0.3 is 0 Å². The number of rotatable bonds is 4.